The summed E-state index contributed by atoms with van der Waals surface area (Å²) in [6.45, 7) is 0.842. The van der Waals surface area contributed by atoms with E-state index in [9.17, 15) is 13.6 Å². The molecule has 0 aromatic carbocycles. The van der Waals surface area contributed by atoms with E-state index in [2.05, 4.69) is 4.74 Å². The Bertz CT molecular complexity index is 164. The molecule has 1 amide bonds. The molecular weight excluding hydrogens is 156 g/mol. The second kappa shape index (κ2) is 2.64. The van der Waals surface area contributed by atoms with Gasteiger partial charge in [0.2, 0.25) is 0 Å². The molecule has 0 aliphatic carbocycles. The Morgan fingerprint density at radius 1 is 1.64 bits per heavy atom. The first-order chi connectivity index (χ1) is 5.05. The molecule has 0 aromatic rings. The maximum Gasteiger partial charge on any atom is 0.410 e. The van der Waals surface area contributed by atoms with E-state index in [0.29, 0.717) is 0 Å². The van der Waals surface area contributed by atoms with Crippen molar-refractivity contribution in [1.29, 1.82) is 0 Å². The first-order valence-electron chi connectivity index (χ1n) is 3.35. The summed E-state index contributed by atoms with van der Waals surface area (Å²) in [5, 5.41) is 0. The minimum Gasteiger partial charge on any atom is -0.450 e. The molecule has 64 valence electrons. The third-order valence-electron chi connectivity index (χ3n) is 1.37. The zero-order valence-electron chi connectivity index (χ0n) is 6.14. The van der Waals surface area contributed by atoms with Crippen LogP contribution in [-0.4, -0.2) is 36.6 Å². The van der Waals surface area contributed by atoms with E-state index in [-0.39, 0.29) is 6.61 Å². The maximum absolute atomic E-state index is 12.1. The molecule has 1 rings (SSSR count). The van der Waals surface area contributed by atoms with Crippen LogP contribution in [0.15, 0.2) is 0 Å². The van der Waals surface area contributed by atoms with Gasteiger partial charge in [-0.15, -0.1) is 0 Å². The van der Waals surface area contributed by atoms with Crippen molar-refractivity contribution in [2.45, 2.75) is 12.8 Å². The van der Waals surface area contributed by atoms with Crippen LogP contribution in [0.5, 0.6) is 0 Å². The molecule has 0 spiro atoms. The van der Waals surface area contributed by atoms with Crippen LogP contribution in [0.1, 0.15) is 6.92 Å². The average molecular weight is 165 g/mol. The van der Waals surface area contributed by atoms with Crippen LogP contribution < -0.4 is 0 Å². The van der Waals surface area contributed by atoms with Crippen LogP contribution in [0.4, 0.5) is 13.6 Å². The van der Waals surface area contributed by atoms with Crippen LogP contribution in [0.3, 0.4) is 0 Å². The number of amides is 1. The SMILES string of the molecule is CCOC(=O)N1CC(F)(F)C1. The summed E-state index contributed by atoms with van der Waals surface area (Å²) in [5.41, 5.74) is 0. The van der Waals surface area contributed by atoms with Gasteiger partial charge in [0.15, 0.2) is 0 Å². The number of ether oxygens (including phenoxy) is 1. The third kappa shape index (κ3) is 1.78. The zero-order valence-corrected chi connectivity index (χ0v) is 6.14. The van der Waals surface area contributed by atoms with Crippen LogP contribution in [-0.2, 0) is 4.74 Å². The summed E-state index contributed by atoms with van der Waals surface area (Å²) >= 11 is 0. The Morgan fingerprint density at radius 3 is 2.55 bits per heavy atom. The number of hydrogen-bond acceptors (Lipinski definition) is 2. The first-order valence-corrected chi connectivity index (χ1v) is 3.35. The minimum absolute atomic E-state index is 0.223. The summed E-state index contributed by atoms with van der Waals surface area (Å²) in [6, 6.07) is 0. The lowest BCUT2D eigenvalue weighted by molar-refractivity contribution is -0.119. The number of likely N-dealkylation sites (tertiary alicyclic amines) is 1. The molecule has 0 atom stereocenters. The van der Waals surface area contributed by atoms with E-state index < -0.39 is 25.1 Å². The van der Waals surface area contributed by atoms with Gasteiger partial charge in [0.05, 0.1) is 19.7 Å². The molecule has 0 N–H and O–H groups in total. The molecule has 1 heterocycles. The topological polar surface area (TPSA) is 29.5 Å². The molecule has 0 radical (unpaired) electrons. The molecular formula is C6H9F2NO2. The molecule has 1 saturated heterocycles. The zero-order chi connectivity index (χ0) is 8.48. The minimum atomic E-state index is -2.70. The van der Waals surface area contributed by atoms with Gasteiger partial charge in [-0.1, -0.05) is 0 Å². The van der Waals surface area contributed by atoms with Gasteiger partial charge in [0, 0.05) is 0 Å². The standard InChI is InChI=1S/C6H9F2NO2/c1-2-11-5(10)9-3-6(7,8)4-9/h2-4H2,1H3. The highest BCUT2D eigenvalue weighted by Crippen LogP contribution is 2.26. The Hall–Kier alpha value is -0.870. The van der Waals surface area contributed by atoms with Crippen molar-refractivity contribution in [3.05, 3.63) is 0 Å². The summed E-state index contributed by atoms with van der Waals surface area (Å²) in [5.74, 6) is -2.70. The summed E-state index contributed by atoms with van der Waals surface area (Å²) in [4.78, 5) is 11.7. The molecule has 3 nitrogen and oxygen atoms in total. The lowest BCUT2D eigenvalue weighted by atomic mass is 10.2. The van der Waals surface area contributed by atoms with Gasteiger partial charge in [-0.05, 0) is 6.92 Å². The maximum atomic E-state index is 12.1. The van der Waals surface area contributed by atoms with E-state index in [0.717, 1.165) is 4.90 Å². The third-order valence-corrected chi connectivity index (χ3v) is 1.37. The van der Waals surface area contributed by atoms with E-state index in [1.165, 1.54) is 0 Å². The average Bonchev–Trinajstić information content (AvgIpc) is 1.83. The second-order valence-corrected chi connectivity index (χ2v) is 2.41. The first kappa shape index (κ1) is 8.23. The van der Waals surface area contributed by atoms with Gasteiger partial charge in [-0.25, -0.2) is 13.6 Å². The Kier molecular flexibility index (Phi) is 1.97. The monoisotopic (exact) mass is 165 g/mol. The predicted molar refractivity (Wildman–Crippen MR) is 33.5 cm³/mol. The molecule has 5 heteroatoms. The molecule has 0 unspecified atom stereocenters. The van der Waals surface area contributed by atoms with Crippen molar-refractivity contribution < 1.29 is 18.3 Å². The number of carbonyl (C=O) groups is 1. The van der Waals surface area contributed by atoms with Gasteiger partial charge in [-0.2, -0.15) is 0 Å². The number of alkyl halides is 2. The smallest absolute Gasteiger partial charge is 0.410 e. The highest BCUT2D eigenvalue weighted by atomic mass is 19.3. The molecule has 0 bridgehead atoms. The fraction of sp³-hybridized carbons (Fsp3) is 0.833. The molecule has 0 saturated carbocycles. The molecule has 1 fully saturated rings. The largest absolute Gasteiger partial charge is 0.450 e. The molecule has 11 heavy (non-hydrogen) atoms. The highest BCUT2D eigenvalue weighted by Gasteiger charge is 2.46. The number of nitrogens with zero attached hydrogens (tertiary/aromatic N) is 1. The molecule has 1 aliphatic heterocycles. The second-order valence-electron chi connectivity index (χ2n) is 2.41. The lowest BCUT2D eigenvalue weighted by Gasteiger charge is -2.37. The normalized spacial score (nSPS) is 20.8. The summed E-state index contributed by atoms with van der Waals surface area (Å²) in [7, 11) is 0. The number of carbonyl (C=O) groups excluding carboxylic acids is 1. The van der Waals surface area contributed by atoms with Crippen molar-refractivity contribution in [1.82, 2.24) is 4.90 Å². The quantitative estimate of drug-likeness (QED) is 0.582. The number of halogens is 2. The van der Waals surface area contributed by atoms with E-state index in [4.69, 9.17) is 0 Å². The van der Waals surface area contributed by atoms with Gasteiger partial charge in [0.25, 0.3) is 5.92 Å². The van der Waals surface area contributed by atoms with Crippen LogP contribution in [0, 0.1) is 0 Å². The van der Waals surface area contributed by atoms with E-state index in [1.54, 1.807) is 6.92 Å². The van der Waals surface area contributed by atoms with Crippen LogP contribution >= 0.6 is 0 Å². The van der Waals surface area contributed by atoms with Gasteiger partial charge in [0.1, 0.15) is 0 Å². The number of hydrogen-bond donors (Lipinski definition) is 0. The Morgan fingerprint density at radius 2 is 2.18 bits per heavy atom. The fourth-order valence-electron chi connectivity index (χ4n) is 0.856. The van der Waals surface area contributed by atoms with Crippen molar-refractivity contribution in [3.8, 4) is 0 Å². The molecule has 0 aromatic heterocycles. The van der Waals surface area contributed by atoms with Crippen molar-refractivity contribution in [2.24, 2.45) is 0 Å². The van der Waals surface area contributed by atoms with Crippen molar-refractivity contribution in [2.75, 3.05) is 19.7 Å². The predicted octanol–water partition coefficient (Wildman–Crippen LogP) is 1.09. The van der Waals surface area contributed by atoms with Crippen LogP contribution in [0.25, 0.3) is 0 Å². The number of rotatable bonds is 1. The van der Waals surface area contributed by atoms with Gasteiger partial charge < -0.3 is 4.74 Å². The van der Waals surface area contributed by atoms with Gasteiger partial charge in [-0.3, -0.25) is 4.90 Å². The van der Waals surface area contributed by atoms with Crippen molar-refractivity contribution >= 4 is 6.09 Å². The van der Waals surface area contributed by atoms with E-state index >= 15 is 0 Å². The fourth-order valence-corrected chi connectivity index (χ4v) is 0.856. The van der Waals surface area contributed by atoms with E-state index in [1.807, 2.05) is 0 Å². The summed E-state index contributed by atoms with van der Waals surface area (Å²) in [6.07, 6.45) is -0.654. The van der Waals surface area contributed by atoms with Crippen LogP contribution in [0.2, 0.25) is 0 Å². The Labute approximate surface area is 62.9 Å². The Balaban J connectivity index is 2.27. The van der Waals surface area contributed by atoms with Crippen molar-refractivity contribution in [3.63, 3.8) is 0 Å². The highest BCUT2D eigenvalue weighted by molar-refractivity contribution is 5.68. The molecule has 1 aliphatic rings. The summed E-state index contributed by atoms with van der Waals surface area (Å²) < 4.78 is 28.8. The van der Waals surface area contributed by atoms with Gasteiger partial charge >= 0.3 is 6.09 Å². The lowest BCUT2D eigenvalue weighted by Crippen LogP contribution is -2.58.